The summed E-state index contributed by atoms with van der Waals surface area (Å²) in [6.07, 6.45) is 0.917. The van der Waals surface area contributed by atoms with Crippen molar-refractivity contribution in [1.29, 1.82) is 0 Å². The number of carbonyl (C=O) groups is 2. The van der Waals surface area contributed by atoms with Crippen molar-refractivity contribution < 1.29 is 30.9 Å². The van der Waals surface area contributed by atoms with Crippen molar-refractivity contribution in [1.82, 2.24) is 14.9 Å². The molecule has 0 saturated heterocycles. The van der Waals surface area contributed by atoms with Crippen LogP contribution in [0.4, 0.5) is 11.7 Å². The molecule has 0 saturated carbocycles. The molecule has 16 heteroatoms. The van der Waals surface area contributed by atoms with Crippen molar-refractivity contribution in [2.75, 3.05) is 10.6 Å². The number of anilines is 2. The van der Waals surface area contributed by atoms with E-state index in [1.165, 1.54) is 76.2 Å². The summed E-state index contributed by atoms with van der Waals surface area (Å²) in [5.74, 6) is -0.370. The van der Waals surface area contributed by atoms with Crippen LogP contribution in [-0.2, 0) is 36.3 Å². The third-order valence-electron chi connectivity index (χ3n) is 8.30. The molecular weight excluding hydrogens is 725 g/mol. The van der Waals surface area contributed by atoms with Gasteiger partial charge in [0.2, 0.25) is 17.7 Å². The van der Waals surface area contributed by atoms with Crippen molar-refractivity contribution in [3.05, 3.63) is 82.1 Å². The standard InChI is InChI=1S/C18H24ClN3O3S.C16H19ClN2O4S/c1-6-12(2)15-11-16(22(5)21-15)20-17(23)18(3,4)26(24,25)14-9-7-13(19)8-10-14;1-10(2)13-9-14(23-19-13)18-15(20)16(3,4)24(21,22)12-7-5-11(17)6-8-12/h7-12H,6H2,1-5H3,(H,20,23);5-10H,1-4H3,(H,18,20). The number of benzene rings is 2. The lowest BCUT2D eigenvalue weighted by atomic mass is 10.1. The van der Waals surface area contributed by atoms with E-state index < -0.39 is 41.0 Å². The van der Waals surface area contributed by atoms with Crippen LogP contribution in [0.2, 0.25) is 10.0 Å². The number of aromatic nitrogens is 3. The summed E-state index contributed by atoms with van der Waals surface area (Å²) in [5, 5.41) is 14.2. The van der Waals surface area contributed by atoms with Crippen molar-refractivity contribution in [3.63, 3.8) is 0 Å². The zero-order valence-electron chi connectivity index (χ0n) is 29.4. The van der Waals surface area contributed by atoms with Gasteiger partial charge in [-0.05, 0) is 88.6 Å². The molecule has 2 amide bonds. The molecule has 0 aliphatic carbocycles. The van der Waals surface area contributed by atoms with Gasteiger partial charge in [0.05, 0.1) is 21.2 Å². The Morgan fingerprint density at radius 1 is 0.780 bits per heavy atom. The fourth-order valence-electron chi connectivity index (χ4n) is 4.27. The maximum Gasteiger partial charge on any atom is 0.248 e. The molecule has 4 aromatic rings. The maximum atomic E-state index is 12.9. The summed E-state index contributed by atoms with van der Waals surface area (Å²) in [5.41, 5.74) is 1.52. The number of aryl methyl sites for hydroxylation is 1. The Bertz CT molecular complexity index is 2040. The van der Waals surface area contributed by atoms with Crippen LogP contribution in [-0.4, -0.2) is 53.1 Å². The number of rotatable bonds is 11. The van der Waals surface area contributed by atoms with E-state index in [9.17, 15) is 26.4 Å². The van der Waals surface area contributed by atoms with E-state index in [4.69, 9.17) is 27.7 Å². The lowest BCUT2D eigenvalue weighted by Crippen LogP contribution is -2.44. The minimum absolute atomic E-state index is 0.0208. The van der Waals surface area contributed by atoms with E-state index in [0.29, 0.717) is 21.6 Å². The third kappa shape index (κ3) is 8.76. The predicted octanol–water partition coefficient (Wildman–Crippen LogP) is 7.42. The Morgan fingerprint density at radius 2 is 1.22 bits per heavy atom. The van der Waals surface area contributed by atoms with Gasteiger partial charge in [0.15, 0.2) is 19.7 Å². The molecule has 12 nitrogen and oxygen atoms in total. The first kappa shape index (κ1) is 40.7. The molecule has 1 atom stereocenters. The van der Waals surface area contributed by atoms with Crippen LogP contribution in [0, 0.1) is 0 Å². The van der Waals surface area contributed by atoms with Crippen LogP contribution in [0.3, 0.4) is 0 Å². The monoisotopic (exact) mass is 767 g/mol. The topological polar surface area (TPSA) is 170 Å². The van der Waals surface area contributed by atoms with Crippen molar-refractivity contribution in [2.45, 2.75) is 92.9 Å². The van der Waals surface area contributed by atoms with Gasteiger partial charge in [-0.3, -0.25) is 19.6 Å². The van der Waals surface area contributed by atoms with Crippen LogP contribution in [0.25, 0.3) is 0 Å². The van der Waals surface area contributed by atoms with Gasteiger partial charge in [-0.2, -0.15) is 5.10 Å². The first-order chi connectivity index (χ1) is 23.1. The third-order valence-corrected chi connectivity index (χ3v) is 13.6. The lowest BCUT2D eigenvalue weighted by molar-refractivity contribution is -0.118. The average molecular weight is 769 g/mol. The van der Waals surface area contributed by atoms with E-state index in [-0.39, 0.29) is 27.5 Å². The fraction of sp³-hybridized carbons (Fsp3) is 0.412. The number of sulfone groups is 2. The molecular formula is C34H43Cl2N5O7S2. The Hall–Kier alpha value is -3.72. The molecule has 0 aliphatic heterocycles. The van der Waals surface area contributed by atoms with Crippen LogP contribution >= 0.6 is 23.2 Å². The number of hydrogen-bond donors (Lipinski definition) is 2. The molecule has 0 spiro atoms. The van der Waals surface area contributed by atoms with Crippen molar-refractivity contribution >= 4 is 66.4 Å². The Labute approximate surface area is 303 Å². The minimum Gasteiger partial charge on any atom is -0.338 e. The highest BCUT2D eigenvalue weighted by molar-refractivity contribution is 7.94. The van der Waals surface area contributed by atoms with E-state index in [1.54, 1.807) is 23.9 Å². The molecule has 2 aromatic carbocycles. The fourth-order valence-corrected chi connectivity index (χ4v) is 7.28. The molecule has 0 radical (unpaired) electrons. The molecule has 272 valence electrons. The van der Waals surface area contributed by atoms with Gasteiger partial charge >= 0.3 is 0 Å². The number of hydrogen-bond acceptors (Lipinski definition) is 9. The lowest BCUT2D eigenvalue weighted by Gasteiger charge is -2.23. The smallest absolute Gasteiger partial charge is 0.248 e. The zero-order valence-corrected chi connectivity index (χ0v) is 32.6. The minimum atomic E-state index is -3.92. The number of amides is 2. The molecule has 0 aliphatic rings. The number of nitrogens with one attached hydrogen (secondary N) is 2. The number of carbonyl (C=O) groups excluding carboxylic acids is 2. The molecule has 0 fully saturated rings. The molecule has 50 heavy (non-hydrogen) atoms. The Kier molecular flexibility index (Phi) is 12.8. The van der Waals surface area contributed by atoms with E-state index >= 15 is 0 Å². The predicted molar refractivity (Wildman–Crippen MR) is 195 cm³/mol. The SMILES string of the molecule is CC(C)c1cc(NC(=O)C(C)(C)S(=O)(=O)c2ccc(Cl)cc2)on1.CCC(C)c1cc(NC(=O)C(C)(C)S(=O)(=O)c2ccc(Cl)cc2)n(C)n1. The van der Waals surface area contributed by atoms with E-state index in [0.717, 1.165) is 12.1 Å². The highest BCUT2D eigenvalue weighted by Gasteiger charge is 2.44. The second-order valence-corrected chi connectivity index (χ2v) is 18.9. The van der Waals surface area contributed by atoms with Gasteiger partial charge in [0.1, 0.15) is 15.3 Å². The highest BCUT2D eigenvalue weighted by atomic mass is 35.5. The van der Waals surface area contributed by atoms with Crippen LogP contribution in [0.15, 0.2) is 75.0 Å². The van der Waals surface area contributed by atoms with Crippen LogP contribution in [0.1, 0.15) is 85.0 Å². The molecule has 0 bridgehead atoms. The summed E-state index contributed by atoms with van der Waals surface area (Å²) in [6.45, 7) is 13.4. The molecule has 4 rings (SSSR count). The van der Waals surface area contributed by atoms with Crippen LogP contribution in [0.5, 0.6) is 0 Å². The average Bonchev–Trinajstić information content (AvgIpc) is 3.67. The van der Waals surface area contributed by atoms with Gasteiger partial charge in [-0.25, -0.2) is 16.8 Å². The highest BCUT2D eigenvalue weighted by Crippen LogP contribution is 2.30. The van der Waals surface area contributed by atoms with Crippen LogP contribution < -0.4 is 10.6 Å². The van der Waals surface area contributed by atoms with E-state index in [2.05, 4.69) is 27.8 Å². The second-order valence-electron chi connectivity index (χ2n) is 13.0. The number of halogens is 2. The largest absolute Gasteiger partial charge is 0.338 e. The van der Waals surface area contributed by atoms with Gasteiger partial charge in [-0.15, -0.1) is 0 Å². The van der Waals surface area contributed by atoms with E-state index in [1.807, 2.05) is 20.8 Å². The van der Waals surface area contributed by atoms with Gasteiger partial charge in [0.25, 0.3) is 0 Å². The second kappa shape index (κ2) is 15.7. The summed E-state index contributed by atoms with van der Waals surface area (Å²) >= 11 is 11.6. The normalized spacial score (nSPS) is 13.0. The van der Waals surface area contributed by atoms with Crippen molar-refractivity contribution in [3.8, 4) is 0 Å². The molecule has 2 aromatic heterocycles. The molecule has 1 unspecified atom stereocenters. The summed E-state index contributed by atoms with van der Waals surface area (Å²) in [7, 11) is -6.11. The quantitative estimate of drug-likeness (QED) is 0.158. The van der Waals surface area contributed by atoms with Gasteiger partial charge in [0, 0.05) is 35.1 Å². The number of nitrogens with zero attached hydrogens (tertiary/aromatic N) is 3. The first-order valence-corrected chi connectivity index (χ1v) is 19.4. The maximum absolute atomic E-state index is 12.9. The summed E-state index contributed by atoms with van der Waals surface area (Å²) in [4.78, 5) is 25.3. The zero-order chi connectivity index (χ0) is 37.8. The Morgan fingerprint density at radius 3 is 1.62 bits per heavy atom. The van der Waals surface area contributed by atoms with Crippen molar-refractivity contribution in [2.24, 2.45) is 7.05 Å². The molecule has 2 heterocycles. The summed E-state index contributed by atoms with van der Waals surface area (Å²) in [6, 6.07) is 14.8. The molecule has 2 N–H and O–H groups in total. The first-order valence-electron chi connectivity index (χ1n) is 15.7. The Balaban J connectivity index is 0.000000271. The summed E-state index contributed by atoms with van der Waals surface area (Å²) < 4.78 is 54.6. The van der Waals surface area contributed by atoms with Gasteiger partial charge in [-0.1, -0.05) is 56.1 Å². The van der Waals surface area contributed by atoms with Gasteiger partial charge < -0.3 is 9.84 Å².